The number of carboxylic acids is 1. The zero-order valence-corrected chi connectivity index (χ0v) is 9.96. The molecule has 0 amide bonds. The van der Waals surface area contributed by atoms with Crippen molar-refractivity contribution in [3.8, 4) is 0 Å². The van der Waals surface area contributed by atoms with E-state index in [0.717, 1.165) is 12.8 Å². The molecule has 0 aromatic carbocycles. The van der Waals surface area contributed by atoms with Crippen LogP contribution in [0.25, 0.3) is 0 Å². The van der Waals surface area contributed by atoms with Crippen LogP contribution in [0, 0.1) is 5.92 Å². The van der Waals surface area contributed by atoms with Gasteiger partial charge in [-0.15, -0.1) is 0 Å². The van der Waals surface area contributed by atoms with Gasteiger partial charge in [0, 0.05) is 11.5 Å². The van der Waals surface area contributed by atoms with Crippen LogP contribution in [-0.2, 0) is 4.79 Å². The molecule has 2 N–H and O–H groups in total. The summed E-state index contributed by atoms with van der Waals surface area (Å²) in [6.07, 6.45) is 4.80. The number of nitrogens with zero attached hydrogens (tertiary/aromatic N) is 2. The van der Waals surface area contributed by atoms with Crippen LogP contribution in [0.1, 0.15) is 32.6 Å². The van der Waals surface area contributed by atoms with Gasteiger partial charge in [-0.2, -0.15) is 4.37 Å². The summed E-state index contributed by atoms with van der Waals surface area (Å²) in [5, 5.41) is 13.0. The molecule has 1 aliphatic rings. The second-order valence-corrected chi connectivity index (χ2v) is 5.24. The number of carboxylic acid groups (broad SMARTS) is 1. The number of nitrogens with one attached hydrogen (secondary N) is 1. The van der Waals surface area contributed by atoms with Gasteiger partial charge in [-0.1, -0.05) is 19.8 Å². The fraction of sp³-hybridized carbons (Fsp3) is 0.700. The molecule has 16 heavy (non-hydrogen) atoms. The Morgan fingerprint density at radius 3 is 3.12 bits per heavy atom. The zero-order chi connectivity index (χ0) is 11.6. The van der Waals surface area contributed by atoms with E-state index in [4.69, 9.17) is 0 Å². The fourth-order valence-electron chi connectivity index (χ4n) is 2.35. The number of hydrogen-bond donors (Lipinski definition) is 2. The first-order valence-electron chi connectivity index (χ1n) is 5.41. The maximum Gasteiger partial charge on any atom is 0.329 e. The van der Waals surface area contributed by atoms with Crippen molar-refractivity contribution >= 4 is 22.6 Å². The van der Waals surface area contributed by atoms with E-state index in [1.165, 1.54) is 17.9 Å². The Labute approximate surface area is 98.1 Å². The van der Waals surface area contributed by atoms with Crippen LogP contribution < -0.4 is 5.32 Å². The lowest BCUT2D eigenvalue weighted by Crippen LogP contribution is -2.49. The van der Waals surface area contributed by atoms with Crippen LogP contribution >= 0.6 is 11.5 Å². The van der Waals surface area contributed by atoms with Gasteiger partial charge in [0.05, 0.1) is 0 Å². The molecule has 2 unspecified atom stereocenters. The van der Waals surface area contributed by atoms with E-state index in [1.54, 1.807) is 0 Å². The maximum absolute atomic E-state index is 11.4. The third-order valence-corrected chi connectivity index (χ3v) is 3.69. The summed E-state index contributed by atoms with van der Waals surface area (Å²) in [6.45, 7) is 2.10. The van der Waals surface area contributed by atoms with Gasteiger partial charge >= 0.3 is 5.97 Å². The third-order valence-electron chi connectivity index (χ3n) is 3.11. The lowest BCUT2D eigenvalue weighted by Gasteiger charge is -2.36. The highest BCUT2D eigenvalue weighted by molar-refractivity contribution is 7.09. The second-order valence-electron chi connectivity index (χ2n) is 4.46. The fourth-order valence-corrected chi connectivity index (χ4v) is 2.87. The summed E-state index contributed by atoms with van der Waals surface area (Å²) in [4.78, 5) is 15.4. The zero-order valence-electron chi connectivity index (χ0n) is 9.14. The molecule has 1 heterocycles. The number of rotatable bonds is 3. The van der Waals surface area contributed by atoms with Crippen molar-refractivity contribution < 1.29 is 9.90 Å². The minimum Gasteiger partial charge on any atom is -0.480 e. The number of anilines is 1. The normalized spacial score (nSPS) is 29.9. The van der Waals surface area contributed by atoms with E-state index in [0.29, 0.717) is 23.9 Å². The largest absolute Gasteiger partial charge is 0.480 e. The SMILES string of the molecule is CC1CCCC(Nc2ncns2)(C(=O)O)C1. The molecule has 1 aromatic heterocycles. The van der Waals surface area contributed by atoms with E-state index in [2.05, 4.69) is 21.6 Å². The first kappa shape index (κ1) is 11.3. The predicted molar refractivity (Wildman–Crippen MR) is 61.5 cm³/mol. The van der Waals surface area contributed by atoms with Gasteiger partial charge in [-0.3, -0.25) is 0 Å². The van der Waals surface area contributed by atoms with E-state index >= 15 is 0 Å². The van der Waals surface area contributed by atoms with Gasteiger partial charge in [0.25, 0.3) is 0 Å². The van der Waals surface area contributed by atoms with Crippen molar-refractivity contribution in [2.45, 2.75) is 38.1 Å². The molecular formula is C10H15N3O2S. The Morgan fingerprint density at radius 1 is 1.75 bits per heavy atom. The highest BCUT2D eigenvalue weighted by Gasteiger charge is 2.42. The quantitative estimate of drug-likeness (QED) is 0.846. The molecule has 88 valence electrons. The van der Waals surface area contributed by atoms with Crippen molar-refractivity contribution in [3.63, 3.8) is 0 Å². The molecule has 1 aromatic rings. The van der Waals surface area contributed by atoms with Crippen molar-refractivity contribution in [1.82, 2.24) is 9.36 Å². The molecule has 0 aliphatic heterocycles. The lowest BCUT2D eigenvalue weighted by molar-refractivity contribution is -0.144. The lowest BCUT2D eigenvalue weighted by atomic mass is 9.76. The Hall–Kier alpha value is -1.17. The number of aromatic nitrogens is 2. The number of hydrogen-bond acceptors (Lipinski definition) is 5. The standard InChI is InChI=1S/C10H15N3O2S/c1-7-3-2-4-10(5-7,8(14)15)13-9-11-6-12-16-9/h6-7H,2-5H2,1H3,(H,14,15)(H,11,12,13). The van der Waals surface area contributed by atoms with E-state index in [1.807, 2.05) is 0 Å². The van der Waals surface area contributed by atoms with E-state index < -0.39 is 11.5 Å². The third kappa shape index (κ3) is 2.16. The van der Waals surface area contributed by atoms with Crippen LogP contribution in [0.15, 0.2) is 6.33 Å². The average Bonchev–Trinajstić information content (AvgIpc) is 2.70. The van der Waals surface area contributed by atoms with Crippen LogP contribution in [0.5, 0.6) is 0 Å². The molecule has 1 saturated carbocycles. The van der Waals surface area contributed by atoms with E-state index in [-0.39, 0.29) is 0 Å². The van der Waals surface area contributed by atoms with Crippen molar-refractivity contribution in [1.29, 1.82) is 0 Å². The molecule has 0 bridgehead atoms. The Balaban J connectivity index is 2.18. The Bertz CT molecular complexity index is 368. The molecule has 2 atom stereocenters. The number of carbonyl (C=O) groups is 1. The summed E-state index contributed by atoms with van der Waals surface area (Å²) in [7, 11) is 0. The average molecular weight is 241 g/mol. The first-order valence-corrected chi connectivity index (χ1v) is 6.18. The smallest absolute Gasteiger partial charge is 0.329 e. The van der Waals surface area contributed by atoms with Gasteiger partial charge < -0.3 is 10.4 Å². The predicted octanol–water partition coefficient (Wildman–Crippen LogP) is 1.98. The van der Waals surface area contributed by atoms with Gasteiger partial charge in [-0.25, -0.2) is 9.78 Å². The van der Waals surface area contributed by atoms with Crippen LogP contribution in [0.4, 0.5) is 5.13 Å². The van der Waals surface area contributed by atoms with Gasteiger partial charge in [0.1, 0.15) is 11.9 Å². The van der Waals surface area contributed by atoms with Gasteiger partial charge in [0.2, 0.25) is 5.13 Å². The van der Waals surface area contributed by atoms with Gasteiger partial charge in [0.15, 0.2) is 0 Å². The highest BCUT2D eigenvalue weighted by atomic mass is 32.1. The molecule has 1 aliphatic carbocycles. The molecule has 1 fully saturated rings. The summed E-state index contributed by atoms with van der Waals surface area (Å²) in [6, 6.07) is 0. The molecule has 2 rings (SSSR count). The minimum absolute atomic E-state index is 0.435. The second kappa shape index (κ2) is 4.37. The molecule has 6 heteroatoms. The Kier molecular flexibility index (Phi) is 3.09. The van der Waals surface area contributed by atoms with Crippen LogP contribution in [-0.4, -0.2) is 26.0 Å². The van der Waals surface area contributed by atoms with Crippen LogP contribution in [0.2, 0.25) is 0 Å². The topological polar surface area (TPSA) is 75.1 Å². The maximum atomic E-state index is 11.4. The van der Waals surface area contributed by atoms with Crippen molar-refractivity contribution in [3.05, 3.63) is 6.33 Å². The molecule has 0 radical (unpaired) electrons. The molecule has 0 saturated heterocycles. The molecule has 5 nitrogen and oxygen atoms in total. The monoisotopic (exact) mass is 241 g/mol. The summed E-state index contributed by atoms with van der Waals surface area (Å²) in [5.74, 6) is -0.348. The summed E-state index contributed by atoms with van der Waals surface area (Å²) < 4.78 is 3.87. The van der Waals surface area contributed by atoms with Crippen LogP contribution in [0.3, 0.4) is 0 Å². The van der Waals surface area contributed by atoms with Crippen molar-refractivity contribution in [2.24, 2.45) is 5.92 Å². The van der Waals surface area contributed by atoms with E-state index in [9.17, 15) is 9.90 Å². The van der Waals surface area contributed by atoms with Crippen molar-refractivity contribution in [2.75, 3.05) is 5.32 Å². The summed E-state index contributed by atoms with van der Waals surface area (Å²) in [5.41, 5.74) is -0.850. The highest BCUT2D eigenvalue weighted by Crippen LogP contribution is 2.35. The Morgan fingerprint density at radius 2 is 2.56 bits per heavy atom. The molecule has 0 spiro atoms. The minimum atomic E-state index is -0.850. The first-order chi connectivity index (χ1) is 7.62. The number of aliphatic carboxylic acids is 1. The van der Waals surface area contributed by atoms with Gasteiger partial charge in [-0.05, 0) is 18.8 Å². The molecular weight excluding hydrogens is 226 g/mol. The summed E-state index contributed by atoms with van der Waals surface area (Å²) >= 11 is 1.20.